The molecule has 4 rings (SSSR count). The lowest BCUT2D eigenvalue weighted by atomic mass is 10.0. The molecule has 0 aliphatic carbocycles. The number of amides is 4. The quantitative estimate of drug-likeness (QED) is 0.0893. The summed E-state index contributed by atoms with van der Waals surface area (Å²) < 4.78 is 22.5. The molecule has 0 bridgehead atoms. The molecular formula is C46H62N4O9. The maximum Gasteiger partial charge on any atom is 0.410 e. The molecule has 13 nitrogen and oxygen atoms in total. The summed E-state index contributed by atoms with van der Waals surface area (Å²) in [6.45, 7) is 14.6. The van der Waals surface area contributed by atoms with Crippen LogP contribution in [0.25, 0.3) is 0 Å². The highest BCUT2D eigenvalue weighted by Gasteiger charge is 2.31. The minimum absolute atomic E-state index is 0.0000305. The average Bonchev–Trinajstić information content (AvgIpc) is 3.66. The summed E-state index contributed by atoms with van der Waals surface area (Å²) in [6.07, 6.45) is 0.850. The minimum atomic E-state index is -1.10. The smallest absolute Gasteiger partial charge is 0.410 e. The third-order valence-corrected chi connectivity index (χ3v) is 9.51. The molecule has 1 fully saturated rings. The Bertz CT molecular complexity index is 1840. The fraction of sp³-hybridized carbons (Fsp3) is 0.500. The summed E-state index contributed by atoms with van der Waals surface area (Å²) in [4.78, 5) is 67.5. The molecule has 4 amide bonds. The zero-order chi connectivity index (χ0) is 43.0. The van der Waals surface area contributed by atoms with Crippen molar-refractivity contribution in [2.45, 2.75) is 123 Å². The van der Waals surface area contributed by atoms with E-state index in [1.54, 1.807) is 25.7 Å². The van der Waals surface area contributed by atoms with Crippen molar-refractivity contribution in [1.82, 2.24) is 20.9 Å². The number of nitrogens with zero attached hydrogens (tertiary/aromatic N) is 1. The highest BCUT2D eigenvalue weighted by atomic mass is 16.6. The Labute approximate surface area is 348 Å². The number of rotatable bonds is 18. The van der Waals surface area contributed by atoms with Gasteiger partial charge >= 0.3 is 18.2 Å². The maximum absolute atomic E-state index is 13.9. The second kappa shape index (κ2) is 22.0. The Morgan fingerprint density at radius 3 is 2.08 bits per heavy atom. The largest absolute Gasteiger partial charge is 0.493 e. The number of hydrogen-bond donors (Lipinski definition) is 3. The molecule has 13 heteroatoms. The molecule has 59 heavy (non-hydrogen) atoms. The van der Waals surface area contributed by atoms with E-state index in [0.717, 1.165) is 28.7 Å². The van der Waals surface area contributed by atoms with Crippen LogP contribution in [-0.2, 0) is 48.2 Å². The third kappa shape index (κ3) is 17.0. The van der Waals surface area contributed by atoms with Crippen molar-refractivity contribution < 1.29 is 42.9 Å². The van der Waals surface area contributed by atoms with Gasteiger partial charge < -0.3 is 39.8 Å². The number of carbonyl (C=O) groups excluding carboxylic acids is 5. The molecule has 3 aromatic rings. The number of esters is 1. The number of aryl methyl sites for hydroxylation is 2. The summed E-state index contributed by atoms with van der Waals surface area (Å²) in [5.41, 5.74) is 2.33. The van der Waals surface area contributed by atoms with E-state index >= 15 is 0 Å². The van der Waals surface area contributed by atoms with Gasteiger partial charge in [-0.1, -0.05) is 66.7 Å². The molecule has 0 radical (unpaired) electrons. The molecule has 0 spiro atoms. The zero-order valence-electron chi connectivity index (χ0n) is 35.6. The molecule has 0 aromatic heterocycles. The number of hydrogen-bond acceptors (Lipinski definition) is 9. The van der Waals surface area contributed by atoms with Gasteiger partial charge in [0.25, 0.3) is 0 Å². The molecule has 320 valence electrons. The SMILES string of the molecule is Cc1ccc(OCC2CCN(C(=O)OC(C)(C)C)C2)cc1CNC(=O)C(CCc1ccccc1)NC(=O)[C@H](CCCC(=O)OC(C)(C)C)NC(=O)OCc1ccccc1. The van der Waals surface area contributed by atoms with Gasteiger partial charge in [0.15, 0.2) is 0 Å². The summed E-state index contributed by atoms with van der Waals surface area (Å²) in [5.74, 6) is -0.599. The first-order chi connectivity index (χ1) is 27.9. The standard InChI is InChI=1S/C46H62N4O9/c1-32-21-23-37(56-31-35-25-26-50(29-35)44(55)59-46(5,6)7)27-36(32)28-47-41(52)39(24-22-33-15-10-8-11-16-33)48-42(53)38(19-14-20-40(51)58-45(2,3)4)49-43(54)57-30-34-17-12-9-13-18-34/h8-13,15-18,21,23,27,35,38-39H,14,19-20,22,24-26,28-31H2,1-7H3,(H,47,52)(H,48,53)(H,49,54)/t35?,38-,39?/m0/s1. The topological polar surface area (TPSA) is 162 Å². The third-order valence-electron chi connectivity index (χ3n) is 9.51. The van der Waals surface area contributed by atoms with E-state index in [2.05, 4.69) is 16.0 Å². The van der Waals surface area contributed by atoms with E-state index in [9.17, 15) is 24.0 Å². The summed E-state index contributed by atoms with van der Waals surface area (Å²) in [7, 11) is 0. The van der Waals surface area contributed by atoms with Gasteiger partial charge in [-0.25, -0.2) is 9.59 Å². The van der Waals surface area contributed by atoms with E-state index in [1.807, 2.05) is 107 Å². The van der Waals surface area contributed by atoms with Gasteiger partial charge in [-0.3, -0.25) is 14.4 Å². The van der Waals surface area contributed by atoms with Crippen LogP contribution in [0.5, 0.6) is 5.75 Å². The van der Waals surface area contributed by atoms with Crippen molar-refractivity contribution in [2.75, 3.05) is 19.7 Å². The van der Waals surface area contributed by atoms with Crippen LogP contribution in [0.3, 0.4) is 0 Å². The van der Waals surface area contributed by atoms with Crippen molar-refractivity contribution in [3.8, 4) is 5.75 Å². The van der Waals surface area contributed by atoms with Crippen LogP contribution in [0.2, 0.25) is 0 Å². The Kier molecular flexibility index (Phi) is 17.2. The molecule has 0 saturated carbocycles. The molecule has 1 aliphatic rings. The monoisotopic (exact) mass is 814 g/mol. The van der Waals surface area contributed by atoms with Gasteiger partial charge in [0, 0.05) is 32.0 Å². The Balaban J connectivity index is 1.41. The fourth-order valence-electron chi connectivity index (χ4n) is 6.42. The molecule has 1 aliphatic heterocycles. The first-order valence-corrected chi connectivity index (χ1v) is 20.5. The zero-order valence-corrected chi connectivity index (χ0v) is 35.6. The number of ether oxygens (including phenoxy) is 4. The van der Waals surface area contributed by atoms with Crippen molar-refractivity contribution >= 4 is 30.0 Å². The predicted octanol–water partition coefficient (Wildman–Crippen LogP) is 7.17. The lowest BCUT2D eigenvalue weighted by molar-refractivity contribution is -0.155. The van der Waals surface area contributed by atoms with E-state index in [0.29, 0.717) is 31.9 Å². The van der Waals surface area contributed by atoms with Crippen LogP contribution in [-0.4, -0.2) is 77.9 Å². The molecule has 3 atom stereocenters. The number of carbonyl (C=O) groups is 5. The number of benzene rings is 3. The maximum atomic E-state index is 13.9. The van der Waals surface area contributed by atoms with Gasteiger partial charge in [0.2, 0.25) is 11.8 Å². The first-order valence-electron chi connectivity index (χ1n) is 20.5. The summed E-state index contributed by atoms with van der Waals surface area (Å²) in [5, 5.41) is 8.53. The van der Waals surface area contributed by atoms with Crippen molar-refractivity contribution in [1.29, 1.82) is 0 Å². The molecular weight excluding hydrogens is 753 g/mol. The van der Waals surface area contributed by atoms with Gasteiger partial charge in [-0.05, 0) is 115 Å². The Morgan fingerprint density at radius 2 is 1.42 bits per heavy atom. The van der Waals surface area contributed by atoms with E-state index < -0.39 is 47.2 Å². The summed E-state index contributed by atoms with van der Waals surface area (Å²) in [6, 6.07) is 22.4. The Hall–Kier alpha value is -5.59. The predicted molar refractivity (Wildman–Crippen MR) is 224 cm³/mol. The van der Waals surface area contributed by atoms with E-state index in [-0.39, 0.29) is 50.8 Å². The van der Waals surface area contributed by atoms with Crippen molar-refractivity contribution in [2.24, 2.45) is 5.92 Å². The van der Waals surface area contributed by atoms with Crippen LogP contribution >= 0.6 is 0 Å². The van der Waals surface area contributed by atoms with Crippen molar-refractivity contribution in [3.05, 3.63) is 101 Å². The normalized spacial score (nSPS) is 15.0. The molecule has 3 aromatic carbocycles. The van der Waals surface area contributed by atoms with Gasteiger partial charge in [-0.2, -0.15) is 0 Å². The van der Waals surface area contributed by atoms with Crippen LogP contribution < -0.4 is 20.7 Å². The minimum Gasteiger partial charge on any atom is -0.493 e. The summed E-state index contributed by atoms with van der Waals surface area (Å²) >= 11 is 0. The number of likely N-dealkylation sites (tertiary alicyclic amines) is 1. The first kappa shape index (κ1) is 46.1. The lowest BCUT2D eigenvalue weighted by Gasteiger charge is -2.24. The fourth-order valence-corrected chi connectivity index (χ4v) is 6.42. The highest BCUT2D eigenvalue weighted by molar-refractivity contribution is 5.91. The second-order valence-electron chi connectivity index (χ2n) is 17.0. The van der Waals surface area contributed by atoms with E-state index in [1.165, 1.54) is 0 Å². The average molecular weight is 815 g/mol. The van der Waals surface area contributed by atoms with Crippen LogP contribution in [0.1, 0.15) is 95.9 Å². The molecule has 1 heterocycles. The lowest BCUT2D eigenvalue weighted by Crippen LogP contribution is -2.53. The Morgan fingerprint density at radius 1 is 0.780 bits per heavy atom. The van der Waals surface area contributed by atoms with Crippen LogP contribution in [0.4, 0.5) is 9.59 Å². The van der Waals surface area contributed by atoms with Gasteiger partial charge in [0.05, 0.1) is 6.61 Å². The van der Waals surface area contributed by atoms with Gasteiger partial charge in [-0.15, -0.1) is 0 Å². The molecule has 1 saturated heterocycles. The van der Waals surface area contributed by atoms with Crippen LogP contribution in [0, 0.1) is 12.8 Å². The molecule has 3 N–H and O–H groups in total. The van der Waals surface area contributed by atoms with Gasteiger partial charge in [0.1, 0.15) is 35.6 Å². The molecule has 2 unspecified atom stereocenters. The highest BCUT2D eigenvalue weighted by Crippen LogP contribution is 2.23. The van der Waals surface area contributed by atoms with Crippen molar-refractivity contribution in [3.63, 3.8) is 0 Å². The van der Waals surface area contributed by atoms with Crippen LogP contribution in [0.15, 0.2) is 78.9 Å². The second-order valence-corrected chi connectivity index (χ2v) is 17.0. The number of alkyl carbamates (subject to hydrolysis) is 1. The van der Waals surface area contributed by atoms with E-state index in [4.69, 9.17) is 18.9 Å². The number of nitrogens with one attached hydrogen (secondary N) is 3.